The van der Waals surface area contributed by atoms with Gasteiger partial charge in [0.05, 0.1) is 25.3 Å². The normalized spacial score (nSPS) is 17.2. The summed E-state index contributed by atoms with van der Waals surface area (Å²) in [6.45, 7) is 8.43. The first kappa shape index (κ1) is 25.9. The summed E-state index contributed by atoms with van der Waals surface area (Å²) in [5.74, 6) is -1.40. The molecule has 1 saturated heterocycles. The predicted octanol–water partition coefficient (Wildman–Crippen LogP) is 6.16. The van der Waals surface area contributed by atoms with Crippen molar-refractivity contribution in [2.45, 2.75) is 39.2 Å². The van der Waals surface area contributed by atoms with Crippen LogP contribution in [0.3, 0.4) is 0 Å². The van der Waals surface area contributed by atoms with E-state index in [0.29, 0.717) is 29.2 Å². The molecule has 1 amide bonds. The Balaban J connectivity index is 1.96. The predicted molar refractivity (Wildman–Crippen MR) is 140 cm³/mol. The van der Waals surface area contributed by atoms with Crippen molar-refractivity contribution >= 4 is 23.1 Å². The molecule has 1 aliphatic rings. The first-order valence-corrected chi connectivity index (χ1v) is 12.0. The Morgan fingerprint density at radius 3 is 2.41 bits per heavy atom. The zero-order valence-electron chi connectivity index (χ0n) is 21.5. The highest BCUT2D eigenvalue weighted by molar-refractivity contribution is 6.51. The van der Waals surface area contributed by atoms with Crippen molar-refractivity contribution in [2.24, 2.45) is 0 Å². The highest BCUT2D eigenvalue weighted by Crippen LogP contribution is 2.43. The molecule has 1 unspecified atom stereocenters. The number of aliphatic hydroxyl groups is 1. The highest BCUT2D eigenvalue weighted by Gasteiger charge is 2.47. The van der Waals surface area contributed by atoms with Crippen LogP contribution in [0.2, 0.25) is 0 Å². The zero-order chi connectivity index (χ0) is 26.9. The maximum Gasteiger partial charge on any atom is 0.300 e. The summed E-state index contributed by atoms with van der Waals surface area (Å²) < 4.78 is 25.3. The molecule has 1 aliphatic heterocycles. The number of carbonyl (C=O) groups is 2. The summed E-state index contributed by atoms with van der Waals surface area (Å²) in [5, 5.41) is 11.5. The lowest BCUT2D eigenvalue weighted by Crippen LogP contribution is -2.29. The van der Waals surface area contributed by atoms with Gasteiger partial charge in [-0.2, -0.15) is 0 Å². The molecule has 7 heteroatoms. The number of hydrogen-bond donors (Lipinski definition) is 1. The van der Waals surface area contributed by atoms with E-state index in [0.717, 1.165) is 5.56 Å². The van der Waals surface area contributed by atoms with E-state index in [1.807, 2.05) is 27.7 Å². The number of ketones is 1. The van der Waals surface area contributed by atoms with Crippen molar-refractivity contribution in [3.05, 3.63) is 94.8 Å². The molecule has 3 aromatic carbocycles. The summed E-state index contributed by atoms with van der Waals surface area (Å²) >= 11 is 0. The van der Waals surface area contributed by atoms with Crippen LogP contribution >= 0.6 is 0 Å². The minimum absolute atomic E-state index is 0.0912. The highest BCUT2D eigenvalue weighted by atomic mass is 19.1. The average Bonchev–Trinajstić information content (AvgIpc) is 3.13. The van der Waals surface area contributed by atoms with E-state index in [2.05, 4.69) is 0 Å². The third-order valence-electron chi connectivity index (χ3n) is 6.30. The summed E-state index contributed by atoms with van der Waals surface area (Å²) in [6, 6.07) is 16.5. The van der Waals surface area contributed by atoms with Crippen molar-refractivity contribution < 1.29 is 28.6 Å². The number of methoxy groups -OCH3 is 1. The van der Waals surface area contributed by atoms with Gasteiger partial charge >= 0.3 is 0 Å². The van der Waals surface area contributed by atoms with Crippen LogP contribution in [-0.4, -0.2) is 30.5 Å². The van der Waals surface area contributed by atoms with Crippen LogP contribution in [0.15, 0.2) is 72.3 Å². The second-order valence-corrected chi connectivity index (χ2v) is 9.82. The third-order valence-corrected chi connectivity index (χ3v) is 6.30. The minimum atomic E-state index is -0.999. The van der Waals surface area contributed by atoms with Crippen molar-refractivity contribution in [1.82, 2.24) is 0 Å². The van der Waals surface area contributed by atoms with E-state index in [1.54, 1.807) is 48.5 Å². The van der Waals surface area contributed by atoms with Gasteiger partial charge in [0.15, 0.2) is 0 Å². The Bertz CT molecular complexity index is 1390. The summed E-state index contributed by atoms with van der Waals surface area (Å²) in [5.41, 5.74) is 1.55. The molecule has 0 aliphatic carbocycles. The molecule has 1 N–H and O–H groups in total. The monoisotopic (exact) mass is 503 g/mol. The lowest BCUT2D eigenvalue weighted by atomic mass is 9.84. The molecule has 0 aromatic heterocycles. The minimum Gasteiger partial charge on any atom is -0.507 e. The number of aliphatic hydroxyl groups excluding tert-OH is 1. The van der Waals surface area contributed by atoms with Gasteiger partial charge in [0.1, 0.15) is 23.1 Å². The van der Waals surface area contributed by atoms with Crippen LogP contribution in [0.4, 0.5) is 10.1 Å². The van der Waals surface area contributed by atoms with Gasteiger partial charge in [-0.15, -0.1) is 0 Å². The summed E-state index contributed by atoms with van der Waals surface area (Å²) in [7, 11) is 1.51. The van der Waals surface area contributed by atoms with E-state index in [-0.39, 0.29) is 22.4 Å². The number of ether oxygens (including phenoxy) is 2. The van der Waals surface area contributed by atoms with Crippen molar-refractivity contribution in [3.8, 4) is 11.5 Å². The largest absolute Gasteiger partial charge is 0.507 e. The standard InChI is InChI=1S/C30H30FNO5/c1-6-37-24-14-13-19(16-23(24)30(2,3)4)27(33)25-26(18-9-7-12-22(15-18)36-5)32(29(35)28(25)34)21-11-8-10-20(31)17-21/h7-17,26,33H,6H2,1-5H3/b27-25-. The quantitative estimate of drug-likeness (QED) is 0.248. The Kier molecular flexibility index (Phi) is 7.07. The number of rotatable bonds is 6. The van der Waals surface area contributed by atoms with Crippen LogP contribution < -0.4 is 14.4 Å². The van der Waals surface area contributed by atoms with Crippen molar-refractivity contribution in [1.29, 1.82) is 0 Å². The molecule has 1 fully saturated rings. The maximum absolute atomic E-state index is 14.2. The number of anilines is 1. The molecular formula is C30H30FNO5. The number of Topliss-reactive ketones (excluding diaryl/α,β-unsaturated/α-hetero) is 1. The molecule has 37 heavy (non-hydrogen) atoms. The fraction of sp³-hybridized carbons (Fsp3) is 0.267. The Morgan fingerprint density at radius 1 is 1.03 bits per heavy atom. The van der Waals surface area contributed by atoms with Gasteiger partial charge in [-0.25, -0.2) is 4.39 Å². The molecule has 1 heterocycles. The van der Waals surface area contributed by atoms with Gasteiger partial charge in [-0.1, -0.05) is 39.0 Å². The van der Waals surface area contributed by atoms with Crippen LogP contribution in [0.1, 0.15) is 50.4 Å². The van der Waals surface area contributed by atoms with Crippen molar-refractivity contribution in [2.75, 3.05) is 18.6 Å². The number of nitrogens with zero attached hydrogens (tertiary/aromatic N) is 1. The Hall–Kier alpha value is -4.13. The van der Waals surface area contributed by atoms with Gasteiger partial charge in [-0.05, 0) is 66.4 Å². The molecular weight excluding hydrogens is 473 g/mol. The van der Waals surface area contributed by atoms with E-state index in [1.165, 1.54) is 30.2 Å². The number of benzene rings is 3. The smallest absolute Gasteiger partial charge is 0.300 e. The molecule has 3 aromatic rings. The summed E-state index contributed by atoms with van der Waals surface area (Å²) in [4.78, 5) is 28.0. The molecule has 6 nitrogen and oxygen atoms in total. The molecule has 192 valence electrons. The van der Waals surface area contributed by atoms with Gasteiger partial charge in [-0.3, -0.25) is 14.5 Å². The molecule has 0 spiro atoms. The third kappa shape index (κ3) is 4.94. The van der Waals surface area contributed by atoms with Gasteiger partial charge in [0, 0.05) is 16.8 Å². The van der Waals surface area contributed by atoms with Gasteiger partial charge in [0.2, 0.25) is 0 Å². The van der Waals surface area contributed by atoms with Crippen LogP contribution in [0.5, 0.6) is 11.5 Å². The fourth-order valence-electron chi connectivity index (χ4n) is 4.55. The van der Waals surface area contributed by atoms with Gasteiger partial charge < -0.3 is 14.6 Å². The summed E-state index contributed by atoms with van der Waals surface area (Å²) in [6.07, 6.45) is 0. The SMILES string of the molecule is CCOc1ccc(/C(O)=C2/C(=O)C(=O)N(c3cccc(F)c3)C2c2cccc(OC)c2)cc1C(C)(C)C. The zero-order valence-corrected chi connectivity index (χ0v) is 21.5. The second-order valence-electron chi connectivity index (χ2n) is 9.82. The maximum atomic E-state index is 14.2. The van der Waals surface area contributed by atoms with Crippen LogP contribution in [0, 0.1) is 5.82 Å². The molecule has 0 bridgehead atoms. The van der Waals surface area contributed by atoms with Crippen LogP contribution in [-0.2, 0) is 15.0 Å². The Labute approximate surface area is 215 Å². The van der Waals surface area contributed by atoms with E-state index < -0.39 is 23.5 Å². The second kappa shape index (κ2) is 10.1. The lowest BCUT2D eigenvalue weighted by Gasteiger charge is -2.26. The first-order valence-electron chi connectivity index (χ1n) is 12.0. The molecule has 0 saturated carbocycles. The molecule has 0 radical (unpaired) electrons. The molecule has 4 rings (SSSR count). The Morgan fingerprint density at radius 2 is 1.76 bits per heavy atom. The number of amides is 1. The average molecular weight is 504 g/mol. The van der Waals surface area contributed by atoms with E-state index in [4.69, 9.17) is 9.47 Å². The molecule has 1 atom stereocenters. The van der Waals surface area contributed by atoms with Crippen molar-refractivity contribution in [3.63, 3.8) is 0 Å². The number of hydrogen-bond acceptors (Lipinski definition) is 5. The number of halogens is 1. The first-order chi connectivity index (χ1) is 17.6. The lowest BCUT2D eigenvalue weighted by molar-refractivity contribution is -0.132. The fourth-order valence-corrected chi connectivity index (χ4v) is 4.55. The topological polar surface area (TPSA) is 76.1 Å². The van der Waals surface area contributed by atoms with E-state index in [9.17, 15) is 19.1 Å². The van der Waals surface area contributed by atoms with Crippen LogP contribution in [0.25, 0.3) is 5.76 Å². The van der Waals surface area contributed by atoms with E-state index >= 15 is 0 Å². The van der Waals surface area contributed by atoms with Gasteiger partial charge in [0.25, 0.3) is 11.7 Å². The number of carbonyl (C=O) groups excluding carboxylic acids is 2.